The zero-order chi connectivity index (χ0) is 10.4. The van der Waals surface area contributed by atoms with Crippen molar-refractivity contribution in [2.75, 3.05) is 0 Å². The molecule has 0 spiro atoms. The van der Waals surface area contributed by atoms with Gasteiger partial charge in [-0.15, -0.1) is 5.10 Å². The molecule has 1 aromatic rings. The van der Waals surface area contributed by atoms with Crippen LogP contribution in [0.1, 0.15) is 38.6 Å². The number of carbonyl (C=O) groups is 1. The van der Waals surface area contributed by atoms with Gasteiger partial charge in [-0.05, 0) is 6.42 Å². The molecule has 14 heavy (non-hydrogen) atoms. The Morgan fingerprint density at radius 1 is 1.57 bits per heavy atom. The molecule has 0 fully saturated rings. The van der Waals surface area contributed by atoms with E-state index in [4.69, 9.17) is 5.11 Å². The lowest BCUT2D eigenvalue weighted by Gasteiger charge is -2.11. The van der Waals surface area contributed by atoms with Crippen molar-refractivity contribution in [3.63, 3.8) is 0 Å². The van der Waals surface area contributed by atoms with Crippen LogP contribution in [0.4, 0.5) is 0 Å². The number of nitrogens with zero attached hydrogens (tertiary/aromatic N) is 3. The highest BCUT2D eigenvalue weighted by atomic mass is 16.4. The van der Waals surface area contributed by atoms with E-state index < -0.39 is 12.0 Å². The SMILES string of the molecule is CCCCCC(C(=O)O)n1ccnn1. The minimum Gasteiger partial charge on any atom is -0.480 e. The smallest absolute Gasteiger partial charge is 0.328 e. The van der Waals surface area contributed by atoms with Crippen molar-refractivity contribution in [1.29, 1.82) is 0 Å². The lowest BCUT2D eigenvalue weighted by molar-refractivity contribution is -0.141. The number of hydrogen-bond acceptors (Lipinski definition) is 3. The van der Waals surface area contributed by atoms with Gasteiger partial charge in [0.15, 0.2) is 6.04 Å². The molecule has 5 nitrogen and oxygen atoms in total. The molecule has 0 saturated heterocycles. The van der Waals surface area contributed by atoms with Gasteiger partial charge >= 0.3 is 5.97 Å². The van der Waals surface area contributed by atoms with Crippen LogP contribution in [0.25, 0.3) is 0 Å². The summed E-state index contributed by atoms with van der Waals surface area (Å²) >= 11 is 0. The molecular weight excluding hydrogens is 182 g/mol. The maximum absolute atomic E-state index is 10.9. The second kappa shape index (κ2) is 5.36. The van der Waals surface area contributed by atoms with Crippen LogP contribution in [0.3, 0.4) is 0 Å². The molecule has 1 aromatic heterocycles. The number of aromatic nitrogens is 3. The fourth-order valence-corrected chi connectivity index (χ4v) is 1.34. The Bertz CT molecular complexity index is 272. The number of carboxylic acid groups (broad SMARTS) is 1. The van der Waals surface area contributed by atoms with E-state index in [-0.39, 0.29) is 0 Å². The molecule has 0 amide bonds. The van der Waals surface area contributed by atoms with Crippen molar-refractivity contribution in [3.8, 4) is 0 Å². The minimum absolute atomic E-state index is 0.566. The second-order valence-electron chi connectivity index (χ2n) is 3.23. The van der Waals surface area contributed by atoms with Crippen LogP contribution in [0.15, 0.2) is 12.4 Å². The molecule has 78 valence electrons. The van der Waals surface area contributed by atoms with Crippen LogP contribution in [-0.2, 0) is 4.79 Å². The lowest BCUT2D eigenvalue weighted by Crippen LogP contribution is -2.19. The van der Waals surface area contributed by atoms with Crippen LogP contribution >= 0.6 is 0 Å². The predicted molar refractivity (Wildman–Crippen MR) is 50.8 cm³/mol. The second-order valence-corrected chi connectivity index (χ2v) is 3.23. The summed E-state index contributed by atoms with van der Waals surface area (Å²) in [5.74, 6) is -0.841. The van der Waals surface area contributed by atoms with Crippen LogP contribution < -0.4 is 0 Å². The first-order valence-electron chi connectivity index (χ1n) is 4.84. The average Bonchev–Trinajstić information content (AvgIpc) is 2.64. The maximum atomic E-state index is 10.9. The summed E-state index contributed by atoms with van der Waals surface area (Å²) in [6.07, 6.45) is 6.75. The number of hydrogen-bond donors (Lipinski definition) is 1. The fraction of sp³-hybridized carbons (Fsp3) is 0.667. The molecule has 1 N–H and O–H groups in total. The largest absolute Gasteiger partial charge is 0.480 e. The van der Waals surface area contributed by atoms with E-state index in [2.05, 4.69) is 17.2 Å². The summed E-state index contributed by atoms with van der Waals surface area (Å²) in [5, 5.41) is 16.3. The van der Waals surface area contributed by atoms with E-state index in [1.165, 1.54) is 10.9 Å². The van der Waals surface area contributed by atoms with Crippen LogP contribution in [0.2, 0.25) is 0 Å². The highest BCUT2D eigenvalue weighted by Gasteiger charge is 2.19. The van der Waals surface area contributed by atoms with Crippen molar-refractivity contribution in [3.05, 3.63) is 12.4 Å². The van der Waals surface area contributed by atoms with Gasteiger partial charge in [0.1, 0.15) is 0 Å². The topological polar surface area (TPSA) is 68.0 Å². The van der Waals surface area contributed by atoms with E-state index in [9.17, 15) is 4.79 Å². The van der Waals surface area contributed by atoms with Gasteiger partial charge in [-0.25, -0.2) is 9.48 Å². The average molecular weight is 197 g/mol. The molecule has 1 heterocycles. The summed E-state index contributed by atoms with van der Waals surface area (Å²) in [7, 11) is 0. The van der Waals surface area contributed by atoms with Gasteiger partial charge in [-0.3, -0.25) is 0 Å². The first-order valence-corrected chi connectivity index (χ1v) is 4.84. The highest BCUT2D eigenvalue weighted by Crippen LogP contribution is 2.14. The number of carboxylic acids is 1. The molecule has 0 aliphatic rings. The summed E-state index contributed by atoms with van der Waals surface area (Å²) in [6.45, 7) is 2.09. The maximum Gasteiger partial charge on any atom is 0.328 e. The van der Waals surface area contributed by atoms with Crippen LogP contribution in [-0.4, -0.2) is 26.1 Å². The molecule has 5 heteroatoms. The normalized spacial score (nSPS) is 12.6. The molecular formula is C9H15N3O2. The molecule has 0 radical (unpaired) electrons. The van der Waals surface area contributed by atoms with Crippen molar-refractivity contribution < 1.29 is 9.90 Å². The first kappa shape index (κ1) is 10.7. The van der Waals surface area contributed by atoms with Crippen molar-refractivity contribution >= 4 is 5.97 Å². The van der Waals surface area contributed by atoms with E-state index in [1.807, 2.05) is 0 Å². The number of unbranched alkanes of at least 4 members (excludes halogenated alkanes) is 2. The fourth-order valence-electron chi connectivity index (χ4n) is 1.34. The van der Waals surface area contributed by atoms with E-state index in [0.29, 0.717) is 6.42 Å². The van der Waals surface area contributed by atoms with Gasteiger partial charge in [-0.1, -0.05) is 31.4 Å². The Kier molecular flexibility index (Phi) is 4.10. The minimum atomic E-state index is -0.841. The Morgan fingerprint density at radius 2 is 2.36 bits per heavy atom. The third-order valence-corrected chi connectivity index (χ3v) is 2.13. The van der Waals surface area contributed by atoms with Crippen molar-refractivity contribution in [1.82, 2.24) is 15.0 Å². The molecule has 0 aliphatic carbocycles. The predicted octanol–water partition coefficient (Wildman–Crippen LogP) is 1.48. The van der Waals surface area contributed by atoms with Gasteiger partial charge < -0.3 is 5.11 Å². The van der Waals surface area contributed by atoms with E-state index in [0.717, 1.165) is 19.3 Å². The Labute approximate surface area is 82.7 Å². The lowest BCUT2D eigenvalue weighted by atomic mass is 10.1. The molecule has 0 aliphatic heterocycles. The third-order valence-electron chi connectivity index (χ3n) is 2.13. The first-order chi connectivity index (χ1) is 6.75. The summed E-state index contributed by atoms with van der Waals surface area (Å²) in [5.41, 5.74) is 0. The molecule has 1 unspecified atom stereocenters. The molecule has 1 atom stereocenters. The summed E-state index contributed by atoms with van der Waals surface area (Å²) < 4.78 is 1.40. The van der Waals surface area contributed by atoms with E-state index >= 15 is 0 Å². The Morgan fingerprint density at radius 3 is 2.86 bits per heavy atom. The quantitative estimate of drug-likeness (QED) is 0.701. The Hall–Kier alpha value is -1.39. The third kappa shape index (κ3) is 2.83. The Balaban J connectivity index is 2.52. The van der Waals surface area contributed by atoms with E-state index in [1.54, 1.807) is 6.20 Å². The highest BCUT2D eigenvalue weighted by molar-refractivity contribution is 5.71. The number of aliphatic carboxylic acids is 1. The molecule has 1 rings (SSSR count). The van der Waals surface area contributed by atoms with Gasteiger partial charge in [0, 0.05) is 6.20 Å². The van der Waals surface area contributed by atoms with Gasteiger partial charge in [0.05, 0.1) is 6.20 Å². The monoisotopic (exact) mass is 197 g/mol. The zero-order valence-electron chi connectivity index (χ0n) is 8.26. The van der Waals surface area contributed by atoms with Gasteiger partial charge in [-0.2, -0.15) is 0 Å². The van der Waals surface area contributed by atoms with Crippen LogP contribution in [0, 0.1) is 0 Å². The molecule has 0 saturated carbocycles. The number of rotatable bonds is 6. The molecule has 0 bridgehead atoms. The van der Waals surface area contributed by atoms with Crippen molar-refractivity contribution in [2.45, 2.75) is 38.6 Å². The zero-order valence-corrected chi connectivity index (χ0v) is 8.26. The van der Waals surface area contributed by atoms with Gasteiger partial charge in [0.2, 0.25) is 0 Å². The van der Waals surface area contributed by atoms with Crippen molar-refractivity contribution in [2.24, 2.45) is 0 Å². The molecule has 0 aromatic carbocycles. The standard InChI is InChI=1S/C9H15N3O2/c1-2-3-4-5-8(9(13)14)12-7-6-10-11-12/h6-8H,2-5H2,1H3,(H,13,14). The summed E-state index contributed by atoms with van der Waals surface area (Å²) in [4.78, 5) is 10.9. The summed E-state index contributed by atoms with van der Waals surface area (Å²) in [6, 6.07) is -0.566. The van der Waals surface area contributed by atoms with Gasteiger partial charge in [0.25, 0.3) is 0 Å². The van der Waals surface area contributed by atoms with Crippen LogP contribution in [0.5, 0.6) is 0 Å².